The van der Waals surface area contributed by atoms with Gasteiger partial charge in [0, 0.05) is 0 Å². The van der Waals surface area contributed by atoms with Gasteiger partial charge < -0.3 is 26.3 Å². The molecule has 0 aromatic rings. The average molecular weight is 485 g/mol. The van der Waals surface area contributed by atoms with Crippen LogP contribution in [0.15, 0.2) is 0 Å². The molecule has 0 aromatic heterocycles. The molecule has 0 aliphatic heterocycles. The van der Waals surface area contributed by atoms with Crippen molar-refractivity contribution in [3.05, 3.63) is 0 Å². The summed E-state index contributed by atoms with van der Waals surface area (Å²) in [7, 11) is -1.90. The SMILES string of the molecule is CC(C)CCCCCOP([O-])OCCCCCC(C)C.[Cl-].[Nd+2]. The molecular formula is C16H34ClNdO3P. The third kappa shape index (κ3) is 24.2. The van der Waals surface area contributed by atoms with Crippen molar-refractivity contribution < 1.29 is 67.2 Å². The Morgan fingerprint density at radius 1 is 0.727 bits per heavy atom. The van der Waals surface area contributed by atoms with Gasteiger partial charge in [-0.15, -0.1) is 0 Å². The molecule has 0 aliphatic rings. The summed E-state index contributed by atoms with van der Waals surface area (Å²) in [6, 6.07) is 0. The van der Waals surface area contributed by atoms with E-state index in [1.54, 1.807) is 0 Å². The summed E-state index contributed by atoms with van der Waals surface area (Å²) in [6.45, 7) is 10.1. The molecule has 3 nitrogen and oxygen atoms in total. The first kappa shape index (κ1) is 28.7. The molecule has 0 saturated carbocycles. The van der Waals surface area contributed by atoms with Crippen LogP contribution >= 0.6 is 8.60 Å². The average Bonchev–Trinajstić information content (AvgIpc) is 2.37. The van der Waals surface area contributed by atoms with E-state index < -0.39 is 8.60 Å². The molecule has 0 atom stereocenters. The first-order valence-electron chi connectivity index (χ1n) is 8.25. The van der Waals surface area contributed by atoms with Crippen LogP contribution in [0.2, 0.25) is 0 Å². The van der Waals surface area contributed by atoms with Crippen molar-refractivity contribution in [1.29, 1.82) is 0 Å². The van der Waals surface area contributed by atoms with E-state index >= 15 is 0 Å². The van der Waals surface area contributed by atoms with Crippen molar-refractivity contribution in [1.82, 2.24) is 0 Å². The molecule has 0 aromatic carbocycles. The van der Waals surface area contributed by atoms with Crippen LogP contribution in [0, 0.1) is 52.7 Å². The van der Waals surface area contributed by atoms with Crippen molar-refractivity contribution in [2.75, 3.05) is 13.2 Å². The number of hydrogen-bond donors (Lipinski definition) is 0. The zero-order valence-electron chi connectivity index (χ0n) is 14.8. The van der Waals surface area contributed by atoms with Gasteiger partial charge in [-0.05, 0) is 24.7 Å². The van der Waals surface area contributed by atoms with Gasteiger partial charge in [-0.3, -0.25) is 0 Å². The van der Waals surface area contributed by atoms with Gasteiger partial charge in [-0.25, -0.2) is 0 Å². The van der Waals surface area contributed by atoms with Gasteiger partial charge in [0.25, 0.3) is 0 Å². The van der Waals surface area contributed by atoms with E-state index in [1.807, 2.05) is 0 Å². The van der Waals surface area contributed by atoms with Gasteiger partial charge in [0.05, 0.1) is 21.8 Å². The number of rotatable bonds is 14. The van der Waals surface area contributed by atoms with Crippen molar-refractivity contribution in [3.8, 4) is 0 Å². The predicted molar refractivity (Wildman–Crippen MR) is 85.4 cm³/mol. The van der Waals surface area contributed by atoms with Crippen molar-refractivity contribution in [2.24, 2.45) is 11.8 Å². The van der Waals surface area contributed by atoms with Gasteiger partial charge in [0.2, 0.25) is 0 Å². The Hall–Kier alpha value is 1.95. The Kier molecular flexibility index (Phi) is 27.4. The monoisotopic (exact) mass is 482 g/mol. The second-order valence-corrected chi connectivity index (χ2v) is 7.34. The summed E-state index contributed by atoms with van der Waals surface area (Å²) in [5.41, 5.74) is 0. The third-order valence-corrected chi connectivity index (χ3v) is 4.03. The summed E-state index contributed by atoms with van der Waals surface area (Å²) >= 11 is 0. The number of hydrogen-bond acceptors (Lipinski definition) is 3. The normalized spacial score (nSPS) is 10.9. The molecule has 0 rings (SSSR count). The standard InChI is InChI=1S/C16H34O3P.ClH.Nd/c1-15(2)11-7-5-9-13-18-20(17)19-14-10-6-8-12-16(3)4;;/h15-16H,5-14H2,1-4H3;1H;/q-1;;+2/p-1. The van der Waals surface area contributed by atoms with Gasteiger partial charge in [-0.2, -0.15) is 0 Å². The molecule has 0 amide bonds. The first-order valence-corrected chi connectivity index (χ1v) is 9.35. The largest absolute Gasteiger partial charge is 2.00 e. The van der Waals surface area contributed by atoms with Gasteiger partial charge >= 0.3 is 40.8 Å². The zero-order chi connectivity index (χ0) is 15.2. The molecule has 6 heteroatoms. The van der Waals surface area contributed by atoms with Crippen LogP contribution in [-0.2, 0) is 9.05 Å². The summed E-state index contributed by atoms with van der Waals surface area (Å²) in [4.78, 5) is 11.4. The maximum atomic E-state index is 11.4. The summed E-state index contributed by atoms with van der Waals surface area (Å²) < 4.78 is 10.4. The molecule has 0 heterocycles. The quantitative estimate of drug-likeness (QED) is 0.280. The van der Waals surface area contributed by atoms with E-state index in [4.69, 9.17) is 9.05 Å². The third-order valence-electron chi connectivity index (χ3n) is 3.25. The van der Waals surface area contributed by atoms with Crippen molar-refractivity contribution in [3.63, 3.8) is 0 Å². The molecule has 0 unspecified atom stereocenters. The molecule has 0 spiro atoms. The number of unbranched alkanes of at least 4 members (excludes halogenated alkanes) is 4. The van der Waals surface area contributed by atoms with E-state index in [2.05, 4.69) is 27.7 Å². The fourth-order valence-corrected chi connectivity index (χ4v) is 2.61. The second-order valence-electron chi connectivity index (χ2n) is 6.38. The van der Waals surface area contributed by atoms with E-state index in [9.17, 15) is 4.89 Å². The Balaban J connectivity index is -0.00000180. The zero-order valence-corrected chi connectivity index (χ0v) is 19.6. The molecule has 22 heavy (non-hydrogen) atoms. The minimum absolute atomic E-state index is 0. The fraction of sp³-hybridized carbons (Fsp3) is 1.00. The maximum Gasteiger partial charge on any atom is 2.00 e. The van der Waals surface area contributed by atoms with Crippen LogP contribution in [-0.4, -0.2) is 13.2 Å². The van der Waals surface area contributed by atoms with Gasteiger partial charge in [-0.1, -0.05) is 66.2 Å². The van der Waals surface area contributed by atoms with E-state index in [0.717, 1.165) is 37.5 Å². The molecule has 0 radical (unpaired) electrons. The predicted octanol–water partition coefficient (Wildman–Crippen LogP) is 2.04. The van der Waals surface area contributed by atoms with Crippen molar-refractivity contribution >= 4 is 8.60 Å². The number of halogens is 1. The van der Waals surface area contributed by atoms with Crippen LogP contribution in [0.5, 0.6) is 0 Å². The Labute approximate surface area is 178 Å². The van der Waals surface area contributed by atoms with Crippen molar-refractivity contribution in [2.45, 2.75) is 79.1 Å². The minimum Gasteiger partial charge on any atom is -1.00 e. The smallest absolute Gasteiger partial charge is 1.00 e. The molecular weight excluding hydrogens is 451 g/mol. The molecule has 0 N–H and O–H groups in total. The second kappa shape index (κ2) is 21.0. The van der Waals surface area contributed by atoms with Crippen LogP contribution in [0.25, 0.3) is 0 Å². The molecule has 0 aliphatic carbocycles. The maximum absolute atomic E-state index is 11.4. The van der Waals surface area contributed by atoms with Crippen LogP contribution in [0.4, 0.5) is 0 Å². The fourth-order valence-electron chi connectivity index (χ4n) is 1.98. The van der Waals surface area contributed by atoms with Crippen LogP contribution in [0.3, 0.4) is 0 Å². The van der Waals surface area contributed by atoms with E-state index in [0.29, 0.717) is 13.2 Å². The molecule has 0 fully saturated rings. The summed E-state index contributed by atoms with van der Waals surface area (Å²) in [5, 5.41) is 0. The Bertz CT molecular complexity index is 190. The van der Waals surface area contributed by atoms with Crippen LogP contribution < -0.4 is 17.3 Å². The van der Waals surface area contributed by atoms with E-state index in [-0.39, 0.29) is 53.2 Å². The first-order chi connectivity index (χ1) is 9.52. The Morgan fingerprint density at radius 3 is 1.41 bits per heavy atom. The van der Waals surface area contributed by atoms with E-state index in [1.165, 1.54) is 25.7 Å². The Morgan fingerprint density at radius 2 is 1.09 bits per heavy atom. The summed E-state index contributed by atoms with van der Waals surface area (Å²) in [5.74, 6) is 1.54. The van der Waals surface area contributed by atoms with Crippen LogP contribution in [0.1, 0.15) is 79.1 Å². The molecule has 0 bridgehead atoms. The van der Waals surface area contributed by atoms with Gasteiger partial charge in [0.1, 0.15) is 0 Å². The summed E-state index contributed by atoms with van der Waals surface area (Å²) in [6.07, 6.45) is 9.24. The minimum atomic E-state index is -1.90. The molecule has 0 saturated heterocycles. The molecule has 132 valence electrons. The van der Waals surface area contributed by atoms with Gasteiger partial charge in [0.15, 0.2) is 0 Å². The topological polar surface area (TPSA) is 41.5 Å².